The zero-order valence-electron chi connectivity index (χ0n) is 9.40. The van der Waals surface area contributed by atoms with Crippen LogP contribution in [0.15, 0.2) is 6.20 Å². The Morgan fingerprint density at radius 1 is 1.60 bits per heavy atom. The Hall–Kier alpha value is -1.23. The molecule has 0 saturated carbocycles. The van der Waals surface area contributed by atoms with Gasteiger partial charge in [0.05, 0.1) is 18.0 Å². The quantitative estimate of drug-likeness (QED) is 0.659. The lowest BCUT2D eigenvalue weighted by molar-refractivity contribution is 0.183. The summed E-state index contributed by atoms with van der Waals surface area (Å²) in [6.45, 7) is 5.37. The molecule has 4 N–H and O–H groups in total. The van der Waals surface area contributed by atoms with E-state index in [-0.39, 0.29) is 6.10 Å². The fourth-order valence-electron chi connectivity index (χ4n) is 1.33. The molecule has 86 valence electrons. The minimum atomic E-state index is -0.339. The minimum absolute atomic E-state index is 0.339. The number of aliphatic hydroxyl groups is 1. The molecule has 0 saturated heterocycles. The van der Waals surface area contributed by atoms with Crippen LogP contribution in [0.5, 0.6) is 0 Å². The molecule has 1 aromatic rings. The molecule has 15 heavy (non-hydrogen) atoms. The number of nitrogens with one attached hydrogen (secondary N) is 1. The number of hydrogen-bond donors (Lipinski definition) is 3. The van der Waals surface area contributed by atoms with Crippen molar-refractivity contribution in [3.05, 3.63) is 6.20 Å². The van der Waals surface area contributed by atoms with E-state index in [1.165, 1.54) is 0 Å². The molecule has 5 heteroatoms. The van der Waals surface area contributed by atoms with E-state index in [4.69, 9.17) is 5.73 Å². The maximum absolute atomic E-state index is 9.44. The Kier molecular flexibility index (Phi) is 4.42. The summed E-state index contributed by atoms with van der Waals surface area (Å²) in [6, 6.07) is 0. The largest absolute Gasteiger partial charge is 0.394 e. The molecule has 1 aromatic heterocycles. The molecule has 5 nitrogen and oxygen atoms in total. The van der Waals surface area contributed by atoms with Gasteiger partial charge in [-0.15, -0.1) is 0 Å². The number of hydrogen-bond acceptors (Lipinski definition) is 4. The SMILES string of the molecule is CCCn1ncc(N)c1NCC(O)CC. The smallest absolute Gasteiger partial charge is 0.147 e. The maximum atomic E-state index is 9.44. The highest BCUT2D eigenvalue weighted by Gasteiger charge is 2.08. The maximum Gasteiger partial charge on any atom is 0.147 e. The third kappa shape index (κ3) is 3.13. The first-order valence-electron chi connectivity index (χ1n) is 5.42. The Morgan fingerprint density at radius 2 is 2.33 bits per heavy atom. The van der Waals surface area contributed by atoms with Crippen molar-refractivity contribution < 1.29 is 5.11 Å². The van der Waals surface area contributed by atoms with Crippen LogP contribution < -0.4 is 11.1 Å². The number of aryl methyl sites for hydroxylation is 1. The van der Waals surface area contributed by atoms with E-state index in [2.05, 4.69) is 17.3 Å². The molecule has 0 fully saturated rings. The lowest BCUT2D eigenvalue weighted by Crippen LogP contribution is -2.20. The molecule has 1 unspecified atom stereocenters. The normalized spacial score (nSPS) is 12.7. The van der Waals surface area contributed by atoms with Crippen LogP contribution in [0.25, 0.3) is 0 Å². The van der Waals surface area contributed by atoms with Crippen molar-refractivity contribution in [2.24, 2.45) is 0 Å². The van der Waals surface area contributed by atoms with E-state index in [9.17, 15) is 5.11 Å². The second kappa shape index (κ2) is 5.60. The van der Waals surface area contributed by atoms with E-state index in [1.54, 1.807) is 6.20 Å². The molecule has 1 atom stereocenters. The van der Waals surface area contributed by atoms with Crippen molar-refractivity contribution in [1.82, 2.24) is 9.78 Å². The van der Waals surface area contributed by atoms with E-state index < -0.39 is 0 Å². The minimum Gasteiger partial charge on any atom is -0.394 e. The summed E-state index contributed by atoms with van der Waals surface area (Å²) in [5.41, 5.74) is 6.40. The molecule has 0 aliphatic heterocycles. The molecule has 0 amide bonds. The van der Waals surface area contributed by atoms with Crippen LogP contribution in [-0.4, -0.2) is 27.5 Å². The van der Waals surface area contributed by atoms with Crippen LogP contribution in [-0.2, 0) is 6.54 Å². The summed E-state index contributed by atoms with van der Waals surface area (Å²) < 4.78 is 1.83. The highest BCUT2D eigenvalue weighted by molar-refractivity contribution is 5.60. The molecule has 0 aromatic carbocycles. The molecular formula is C10H20N4O. The summed E-state index contributed by atoms with van der Waals surface area (Å²) in [7, 11) is 0. The molecule has 1 heterocycles. The fourth-order valence-corrected chi connectivity index (χ4v) is 1.33. The van der Waals surface area contributed by atoms with Crippen LogP contribution >= 0.6 is 0 Å². The first kappa shape index (κ1) is 11.8. The van der Waals surface area contributed by atoms with Gasteiger partial charge in [-0.05, 0) is 12.8 Å². The van der Waals surface area contributed by atoms with Gasteiger partial charge >= 0.3 is 0 Å². The highest BCUT2D eigenvalue weighted by Crippen LogP contribution is 2.17. The van der Waals surface area contributed by atoms with Gasteiger partial charge in [-0.25, -0.2) is 4.68 Å². The van der Waals surface area contributed by atoms with Crippen LogP contribution in [0.4, 0.5) is 11.5 Å². The van der Waals surface area contributed by atoms with Gasteiger partial charge in [-0.1, -0.05) is 13.8 Å². The van der Waals surface area contributed by atoms with Gasteiger partial charge in [0, 0.05) is 13.1 Å². The average molecular weight is 212 g/mol. The van der Waals surface area contributed by atoms with Crippen molar-refractivity contribution in [3.63, 3.8) is 0 Å². The molecule has 1 rings (SSSR count). The lowest BCUT2D eigenvalue weighted by atomic mass is 10.3. The van der Waals surface area contributed by atoms with Crippen LogP contribution in [0, 0.1) is 0 Å². The third-order valence-corrected chi connectivity index (χ3v) is 2.28. The second-order valence-corrected chi connectivity index (χ2v) is 3.61. The van der Waals surface area contributed by atoms with Gasteiger partial charge in [-0.2, -0.15) is 5.10 Å². The van der Waals surface area contributed by atoms with Gasteiger partial charge in [0.15, 0.2) is 0 Å². The third-order valence-electron chi connectivity index (χ3n) is 2.28. The van der Waals surface area contributed by atoms with E-state index >= 15 is 0 Å². The second-order valence-electron chi connectivity index (χ2n) is 3.61. The molecule has 0 aliphatic rings. The summed E-state index contributed by atoms with van der Waals surface area (Å²) in [5, 5.41) is 16.7. The van der Waals surface area contributed by atoms with Crippen molar-refractivity contribution in [3.8, 4) is 0 Å². The van der Waals surface area contributed by atoms with Crippen LogP contribution in [0.3, 0.4) is 0 Å². The summed E-state index contributed by atoms with van der Waals surface area (Å²) >= 11 is 0. The van der Waals surface area contributed by atoms with Gasteiger partial charge in [-0.3, -0.25) is 0 Å². The Balaban J connectivity index is 2.61. The number of anilines is 2. The summed E-state index contributed by atoms with van der Waals surface area (Å²) in [4.78, 5) is 0. The van der Waals surface area contributed by atoms with Gasteiger partial charge in [0.2, 0.25) is 0 Å². The van der Waals surface area contributed by atoms with E-state index in [0.717, 1.165) is 25.2 Å². The highest BCUT2D eigenvalue weighted by atomic mass is 16.3. The topological polar surface area (TPSA) is 76.1 Å². The number of nitrogens with two attached hydrogens (primary N) is 1. The van der Waals surface area contributed by atoms with Crippen molar-refractivity contribution in [2.75, 3.05) is 17.6 Å². The molecule has 0 radical (unpaired) electrons. The zero-order chi connectivity index (χ0) is 11.3. The van der Waals surface area contributed by atoms with Crippen molar-refractivity contribution >= 4 is 11.5 Å². The Bertz CT molecular complexity index is 298. The number of aromatic nitrogens is 2. The summed E-state index contributed by atoms with van der Waals surface area (Å²) in [6.07, 6.45) is 3.03. The predicted octanol–water partition coefficient (Wildman–Crippen LogP) is 1.06. The first-order valence-corrected chi connectivity index (χ1v) is 5.42. The summed E-state index contributed by atoms with van der Waals surface area (Å²) in [5.74, 6) is 0.810. The van der Waals surface area contributed by atoms with Crippen LogP contribution in [0.2, 0.25) is 0 Å². The molecule has 0 bridgehead atoms. The Morgan fingerprint density at radius 3 is 2.93 bits per heavy atom. The number of rotatable bonds is 6. The first-order chi connectivity index (χ1) is 7.19. The fraction of sp³-hybridized carbons (Fsp3) is 0.700. The van der Waals surface area contributed by atoms with Gasteiger partial charge in [0.1, 0.15) is 5.82 Å². The van der Waals surface area contributed by atoms with Gasteiger partial charge < -0.3 is 16.2 Å². The van der Waals surface area contributed by atoms with Crippen molar-refractivity contribution in [2.45, 2.75) is 39.3 Å². The zero-order valence-corrected chi connectivity index (χ0v) is 9.40. The van der Waals surface area contributed by atoms with E-state index in [1.807, 2.05) is 11.6 Å². The van der Waals surface area contributed by atoms with Gasteiger partial charge in [0.25, 0.3) is 0 Å². The predicted molar refractivity (Wildman–Crippen MR) is 61.7 cm³/mol. The number of nitrogens with zero attached hydrogens (tertiary/aromatic N) is 2. The van der Waals surface area contributed by atoms with Crippen LogP contribution in [0.1, 0.15) is 26.7 Å². The number of aliphatic hydroxyl groups excluding tert-OH is 1. The lowest BCUT2D eigenvalue weighted by Gasteiger charge is -2.12. The van der Waals surface area contributed by atoms with E-state index in [0.29, 0.717) is 12.2 Å². The monoisotopic (exact) mass is 212 g/mol. The standard InChI is InChI=1S/C10H20N4O/c1-3-5-14-10(9(11)7-13-14)12-6-8(15)4-2/h7-8,12,15H,3-6,11H2,1-2H3. The molecule has 0 spiro atoms. The average Bonchev–Trinajstić information content (AvgIpc) is 2.57. The Labute approximate surface area is 90.3 Å². The molecular weight excluding hydrogens is 192 g/mol. The number of nitrogen functional groups attached to an aromatic ring is 1. The van der Waals surface area contributed by atoms with Crippen molar-refractivity contribution in [1.29, 1.82) is 0 Å². The molecule has 0 aliphatic carbocycles.